The van der Waals surface area contributed by atoms with Gasteiger partial charge in [0.15, 0.2) is 5.69 Å². The molecule has 1 aromatic rings. The molecule has 1 fully saturated rings. The highest BCUT2D eigenvalue weighted by atomic mass is 32.1. The van der Waals surface area contributed by atoms with E-state index in [1.165, 1.54) is 0 Å². The Morgan fingerprint density at radius 2 is 2.26 bits per heavy atom. The van der Waals surface area contributed by atoms with Crippen LogP contribution in [0.25, 0.3) is 0 Å². The molecule has 2 atom stereocenters. The fraction of sp³-hybridized carbons (Fsp3) is 0.750. The molecule has 1 N–H and O–H groups in total. The third-order valence-corrected chi connectivity index (χ3v) is 4.24. The number of piperidine rings is 1. The van der Waals surface area contributed by atoms with E-state index in [1.807, 2.05) is 4.90 Å². The van der Waals surface area contributed by atoms with Crippen molar-refractivity contribution in [2.45, 2.75) is 51.1 Å². The van der Waals surface area contributed by atoms with Crippen LogP contribution in [0.15, 0.2) is 5.38 Å². The Kier molecular flexibility index (Phi) is 4.47. The molecule has 108 valence electrons. The molecule has 19 heavy (non-hydrogen) atoms. The molecule has 0 radical (unpaired) electrons. The Bertz CT molecular complexity index is 419. The highest BCUT2D eigenvalue weighted by Crippen LogP contribution is 2.31. The van der Waals surface area contributed by atoms with Crippen molar-refractivity contribution >= 4 is 11.3 Å². The largest absolute Gasteiger partial charge is 0.434 e. The van der Waals surface area contributed by atoms with Crippen LogP contribution in [0.1, 0.15) is 36.9 Å². The average Bonchev–Trinajstić information content (AvgIpc) is 2.77. The fourth-order valence-electron chi connectivity index (χ4n) is 2.45. The van der Waals surface area contributed by atoms with E-state index in [1.54, 1.807) is 6.92 Å². The van der Waals surface area contributed by atoms with Crippen LogP contribution in [-0.4, -0.2) is 33.7 Å². The van der Waals surface area contributed by atoms with Crippen LogP contribution in [0.5, 0.6) is 0 Å². The lowest BCUT2D eigenvalue weighted by atomic mass is 9.98. The second kappa shape index (κ2) is 5.76. The van der Waals surface area contributed by atoms with Crippen molar-refractivity contribution in [1.29, 1.82) is 0 Å². The van der Waals surface area contributed by atoms with Gasteiger partial charge in [0, 0.05) is 11.4 Å². The Balaban J connectivity index is 2.05. The molecule has 0 aromatic carbocycles. The summed E-state index contributed by atoms with van der Waals surface area (Å²) in [6.45, 7) is 2.92. The van der Waals surface area contributed by atoms with E-state index in [-0.39, 0.29) is 6.04 Å². The second-order valence-electron chi connectivity index (χ2n) is 4.90. The predicted octanol–water partition coefficient (Wildman–Crippen LogP) is 2.90. The first-order valence-corrected chi connectivity index (χ1v) is 7.19. The van der Waals surface area contributed by atoms with Gasteiger partial charge in [0.2, 0.25) is 0 Å². The number of likely N-dealkylation sites (tertiary alicyclic amines) is 1. The van der Waals surface area contributed by atoms with Crippen LogP contribution >= 0.6 is 11.3 Å². The van der Waals surface area contributed by atoms with Crippen LogP contribution in [0.2, 0.25) is 0 Å². The Labute approximate surface area is 114 Å². The predicted molar refractivity (Wildman–Crippen MR) is 66.8 cm³/mol. The average molecular weight is 294 g/mol. The van der Waals surface area contributed by atoms with Gasteiger partial charge in [-0.1, -0.05) is 6.42 Å². The lowest BCUT2D eigenvalue weighted by Gasteiger charge is -2.36. The number of hydrogen-bond acceptors (Lipinski definition) is 4. The van der Waals surface area contributed by atoms with Crippen molar-refractivity contribution in [3.05, 3.63) is 16.1 Å². The summed E-state index contributed by atoms with van der Waals surface area (Å²) in [5.41, 5.74) is -0.821. The molecular formula is C12H17F3N2OS. The summed E-state index contributed by atoms with van der Waals surface area (Å²) in [5, 5.41) is 11.2. The van der Waals surface area contributed by atoms with Crippen LogP contribution in [0.4, 0.5) is 13.2 Å². The third-order valence-electron chi connectivity index (χ3n) is 3.40. The number of rotatable bonds is 3. The molecule has 0 saturated carbocycles. The van der Waals surface area contributed by atoms with Gasteiger partial charge in [-0.3, -0.25) is 4.90 Å². The molecule has 2 unspecified atom stereocenters. The van der Waals surface area contributed by atoms with Crippen molar-refractivity contribution in [2.75, 3.05) is 6.54 Å². The summed E-state index contributed by atoms with van der Waals surface area (Å²) in [5.74, 6) is 0. The molecule has 0 amide bonds. The molecule has 2 rings (SSSR count). The first kappa shape index (κ1) is 14.7. The zero-order chi connectivity index (χ0) is 14.0. The number of hydrogen-bond donors (Lipinski definition) is 1. The molecule has 7 heteroatoms. The van der Waals surface area contributed by atoms with Gasteiger partial charge in [-0.05, 0) is 26.3 Å². The van der Waals surface area contributed by atoms with Crippen molar-refractivity contribution in [1.82, 2.24) is 9.88 Å². The minimum atomic E-state index is -4.37. The highest BCUT2D eigenvalue weighted by Gasteiger charge is 2.34. The SMILES string of the molecule is CC(O)C1CCCCN1Cc1nc(C(F)(F)F)cs1. The summed E-state index contributed by atoms with van der Waals surface area (Å²) in [7, 11) is 0. The summed E-state index contributed by atoms with van der Waals surface area (Å²) in [6.07, 6.45) is -1.89. The maximum absolute atomic E-state index is 12.5. The molecule has 1 aliphatic rings. The zero-order valence-electron chi connectivity index (χ0n) is 10.7. The van der Waals surface area contributed by atoms with Crippen LogP contribution in [-0.2, 0) is 12.7 Å². The summed E-state index contributed by atoms with van der Waals surface area (Å²) in [6, 6.07) is 0.0204. The van der Waals surface area contributed by atoms with E-state index in [4.69, 9.17) is 0 Å². The summed E-state index contributed by atoms with van der Waals surface area (Å²) in [4.78, 5) is 5.67. The van der Waals surface area contributed by atoms with Crippen LogP contribution in [0, 0.1) is 0 Å². The number of aromatic nitrogens is 1. The fourth-order valence-corrected chi connectivity index (χ4v) is 3.27. The number of alkyl halides is 3. The van der Waals surface area contributed by atoms with Crippen molar-refractivity contribution in [2.24, 2.45) is 0 Å². The van der Waals surface area contributed by atoms with Gasteiger partial charge in [0.1, 0.15) is 5.01 Å². The van der Waals surface area contributed by atoms with E-state index < -0.39 is 18.0 Å². The minimum absolute atomic E-state index is 0.0204. The molecule has 3 nitrogen and oxygen atoms in total. The van der Waals surface area contributed by atoms with Crippen molar-refractivity contribution in [3.63, 3.8) is 0 Å². The van der Waals surface area contributed by atoms with Gasteiger partial charge >= 0.3 is 6.18 Å². The van der Waals surface area contributed by atoms with E-state index in [0.717, 1.165) is 42.5 Å². The quantitative estimate of drug-likeness (QED) is 0.931. The van der Waals surface area contributed by atoms with Gasteiger partial charge < -0.3 is 5.11 Å². The maximum atomic E-state index is 12.5. The van der Waals surface area contributed by atoms with Crippen molar-refractivity contribution in [3.8, 4) is 0 Å². The van der Waals surface area contributed by atoms with E-state index in [0.29, 0.717) is 11.6 Å². The van der Waals surface area contributed by atoms with Gasteiger partial charge in [-0.15, -0.1) is 11.3 Å². The highest BCUT2D eigenvalue weighted by molar-refractivity contribution is 7.09. The van der Waals surface area contributed by atoms with Gasteiger partial charge in [-0.2, -0.15) is 13.2 Å². The Morgan fingerprint density at radius 1 is 1.53 bits per heavy atom. The zero-order valence-corrected chi connectivity index (χ0v) is 11.5. The Morgan fingerprint density at radius 3 is 2.84 bits per heavy atom. The topological polar surface area (TPSA) is 36.4 Å². The van der Waals surface area contributed by atoms with E-state index in [2.05, 4.69) is 4.98 Å². The minimum Gasteiger partial charge on any atom is -0.392 e. The van der Waals surface area contributed by atoms with E-state index >= 15 is 0 Å². The molecule has 0 bridgehead atoms. The molecular weight excluding hydrogens is 277 g/mol. The number of aliphatic hydroxyl groups excluding tert-OH is 1. The standard InChI is InChI=1S/C12H17F3N2OS/c1-8(18)9-4-2-3-5-17(9)6-11-16-10(7-19-11)12(13,14)15/h7-9,18H,2-6H2,1H3. The number of halogens is 3. The normalized spacial score (nSPS) is 23.5. The lowest BCUT2D eigenvalue weighted by molar-refractivity contribution is -0.140. The van der Waals surface area contributed by atoms with Crippen LogP contribution < -0.4 is 0 Å². The first-order chi connectivity index (χ1) is 8.88. The molecule has 1 aromatic heterocycles. The molecule has 2 heterocycles. The molecule has 1 saturated heterocycles. The smallest absolute Gasteiger partial charge is 0.392 e. The molecule has 0 spiro atoms. The van der Waals surface area contributed by atoms with Crippen LogP contribution in [0.3, 0.4) is 0 Å². The van der Waals surface area contributed by atoms with E-state index in [9.17, 15) is 18.3 Å². The first-order valence-electron chi connectivity index (χ1n) is 6.31. The number of thiazole rings is 1. The lowest BCUT2D eigenvalue weighted by Crippen LogP contribution is -2.45. The molecule has 0 aliphatic carbocycles. The second-order valence-corrected chi connectivity index (χ2v) is 5.84. The monoisotopic (exact) mass is 294 g/mol. The van der Waals surface area contributed by atoms with Gasteiger partial charge in [0.25, 0.3) is 0 Å². The number of aliphatic hydroxyl groups is 1. The summed E-state index contributed by atoms with van der Waals surface area (Å²) >= 11 is 1.03. The number of nitrogens with zero attached hydrogens (tertiary/aromatic N) is 2. The Hall–Kier alpha value is -0.660. The van der Waals surface area contributed by atoms with Gasteiger partial charge in [0.05, 0.1) is 12.6 Å². The summed E-state index contributed by atoms with van der Waals surface area (Å²) < 4.78 is 37.4. The third kappa shape index (κ3) is 3.67. The maximum Gasteiger partial charge on any atom is 0.434 e. The molecule has 1 aliphatic heterocycles. The van der Waals surface area contributed by atoms with Crippen molar-refractivity contribution < 1.29 is 18.3 Å². The van der Waals surface area contributed by atoms with Gasteiger partial charge in [-0.25, -0.2) is 4.98 Å².